The number of carboxylic acids is 1. The number of hydrogen-bond acceptors (Lipinski definition) is 4. The molecule has 2 atom stereocenters. The second kappa shape index (κ2) is 9.67. The fourth-order valence-corrected chi connectivity index (χ4v) is 3.87. The van der Waals surface area contributed by atoms with E-state index in [2.05, 4.69) is 27.8 Å². The van der Waals surface area contributed by atoms with Gasteiger partial charge in [-0.05, 0) is 55.1 Å². The van der Waals surface area contributed by atoms with Gasteiger partial charge in [-0.3, -0.25) is 4.79 Å². The summed E-state index contributed by atoms with van der Waals surface area (Å²) in [6.45, 7) is 1.68. The Hall–Kier alpha value is -2.70. The summed E-state index contributed by atoms with van der Waals surface area (Å²) in [7, 11) is 0. The van der Waals surface area contributed by atoms with Crippen molar-refractivity contribution >= 4 is 18.4 Å². The van der Waals surface area contributed by atoms with Crippen molar-refractivity contribution < 1.29 is 9.90 Å². The number of carbonyl (C=O) groups is 1. The van der Waals surface area contributed by atoms with Crippen LogP contribution in [-0.4, -0.2) is 39.2 Å². The van der Waals surface area contributed by atoms with Gasteiger partial charge in [-0.15, -0.1) is 17.5 Å². The summed E-state index contributed by atoms with van der Waals surface area (Å²) in [4.78, 5) is 11.8. The maximum absolute atomic E-state index is 11.8. The molecule has 2 aromatic carbocycles. The van der Waals surface area contributed by atoms with Gasteiger partial charge in [-0.25, -0.2) is 4.68 Å². The van der Waals surface area contributed by atoms with Crippen LogP contribution >= 0.6 is 12.4 Å². The van der Waals surface area contributed by atoms with Crippen LogP contribution in [0.2, 0.25) is 0 Å². The normalized spacial score (nSPS) is 16.9. The van der Waals surface area contributed by atoms with Gasteiger partial charge in [-0.1, -0.05) is 47.7 Å². The Morgan fingerprint density at radius 1 is 1.17 bits per heavy atom. The lowest BCUT2D eigenvalue weighted by Crippen LogP contribution is -2.27. The van der Waals surface area contributed by atoms with Gasteiger partial charge in [-0.2, -0.15) is 0 Å². The van der Waals surface area contributed by atoms with Gasteiger partial charge < -0.3 is 10.4 Å². The highest BCUT2D eigenvalue weighted by molar-refractivity contribution is 5.85. The number of aromatic nitrogens is 3. The SMILES string of the molecule is Cl.O=C(O)C(Cc1cccc(-n2cc(Cc3ccccc3)nn2)c1)[C@H]1CCNC1. The number of rotatable bonds is 7. The molecular weight excluding hydrogens is 388 g/mol. The molecule has 0 aliphatic carbocycles. The molecule has 1 aliphatic heterocycles. The third-order valence-electron chi connectivity index (χ3n) is 5.38. The van der Waals surface area contributed by atoms with Crippen molar-refractivity contribution in [3.63, 3.8) is 0 Å². The Balaban J connectivity index is 0.00000240. The van der Waals surface area contributed by atoms with Crippen LogP contribution in [0.4, 0.5) is 0 Å². The molecule has 0 saturated carbocycles. The highest BCUT2D eigenvalue weighted by atomic mass is 35.5. The van der Waals surface area contributed by atoms with Crippen molar-refractivity contribution in [1.82, 2.24) is 20.3 Å². The molecule has 6 nitrogen and oxygen atoms in total. The minimum absolute atomic E-state index is 0. The van der Waals surface area contributed by atoms with E-state index in [-0.39, 0.29) is 24.2 Å². The molecule has 0 radical (unpaired) electrons. The number of halogens is 1. The van der Waals surface area contributed by atoms with Crippen LogP contribution in [0.3, 0.4) is 0 Å². The predicted molar refractivity (Wildman–Crippen MR) is 114 cm³/mol. The Labute approximate surface area is 176 Å². The standard InChI is InChI=1S/C22H24N4O2.ClH/c27-22(28)21(18-9-10-23-14-18)13-17-7-4-8-20(12-17)26-15-19(24-25-26)11-16-5-2-1-3-6-16;/h1-8,12,15,18,21,23H,9-11,13-14H2,(H,27,28);1H/t18-,21?;/m0./s1. The van der Waals surface area contributed by atoms with Gasteiger partial charge in [0.2, 0.25) is 0 Å². The van der Waals surface area contributed by atoms with E-state index >= 15 is 0 Å². The van der Waals surface area contributed by atoms with Crippen molar-refractivity contribution in [3.05, 3.63) is 77.6 Å². The number of aliphatic carboxylic acids is 1. The average Bonchev–Trinajstić information content (AvgIpc) is 3.39. The number of carboxylic acid groups (broad SMARTS) is 1. The summed E-state index contributed by atoms with van der Waals surface area (Å²) in [5, 5.41) is 21.5. The number of benzene rings is 2. The first-order valence-corrected chi connectivity index (χ1v) is 9.67. The van der Waals surface area contributed by atoms with E-state index in [1.54, 1.807) is 4.68 Å². The topological polar surface area (TPSA) is 80.0 Å². The van der Waals surface area contributed by atoms with Crippen LogP contribution in [0.15, 0.2) is 60.8 Å². The molecule has 0 spiro atoms. The lowest BCUT2D eigenvalue weighted by Gasteiger charge is -2.19. The first kappa shape index (κ1) is 21.0. The Bertz CT molecular complexity index is 939. The first-order chi connectivity index (χ1) is 13.7. The predicted octanol–water partition coefficient (Wildman–Crippen LogP) is 3.13. The minimum Gasteiger partial charge on any atom is -0.481 e. The highest BCUT2D eigenvalue weighted by Crippen LogP contribution is 2.24. The molecule has 2 N–H and O–H groups in total. The average molecular weight is 413 g/mol. The van der Waals surface area contributed by atoms with E-state index in [1.807, 2.05) is 48.7 Å². The first-order valence-electron chi connectivity index (χ1n) is 9.67. The lowest BCUT2D eigenvalue weighted by molar-refractivity contribution is -0.143. The third kappa shape index (κ3) is 5.22. The summed E-state index contributed by atoms with van der Waals surface area (Å²) < 4.78 is 1.76. The molecule has 2 heterocycles. The summed E-state index contributed by atoms with van der Waals surface area (Å²) in [6, 6.07) is 18.1. The molecular formula is C22H25ClN4O2. The summed E-state index contributed by atoms with van der Waals surface area (Å²) >= 11 is 0. The van der Waals surface area contributed by atoms with Crippen LogP contribution in [0.5, 0.6) is 0 Å². The highest BCUT2D eigenvalue weighted by Gasteiger charge is 2.30. The number of nitrogens with one attached hydrogen (secondary N) is 1. The third-order valence-corrected chi connectivity index (χ3v) is 5.38. The second-order valence-electron chi connectivity index (χ2n) is 7.39. The molecule has 1 saturated heterocycles. The zero-order valence-electron chi connectivity index (χ0n) is 16.1. The summed E-state index contributed by atoms with van der Waals surface area (Å²) in [6.07, 6.45) is 4.11. The van der Waals surface area contributed by atoms with Crippen molar-refractivity contribution in [2.45, 2.75) is 19.3 Å². The summed E-state index contributed by atoms with van der Waals surface area (Å²) in [5.41, 5.74) is 4.00. The van der Waals surface area contributed by atoms with Crippen LogP contribution in [-0.2, 0) is 17.6 Å². The number of hydrogen-bond donors (Lipinski definition) is 2. The molecule has 29 heavy (non-hydrogen) atoms. The zero-order valence-corrected chi connectivity index (χ0v) is 16.9. The minimum atomic E-state index is -0.718. The van der Waals surface area contributed by atoms with Gasteiger partial charge in [0.25, 0.3) is 0 Å². The van der Waals surface area contributed by atoms with Crippen molar-refractivity contribution in [1.29, 1.82) is 0 Å². The van der Waals surface area contributed by atoms with E-state index in [0.717, 1.165) is 42.9 Å². The largest absolute Gasteiger partial charge is 0.481 e. The van der Waals surface area contributed by atoms with E-state index in [0.29, 0.717) is 6.42 Å². The fourth-order valence-electron chi connectivity index (χ4n) is 3.87. The van der Waals surface area contributed by atoms with Crippen LogP contribution in [0.25, 0.3) is 5.69 Å². The van der Waals surface area contributed by atoms with Gasteiger partial charge >= 0.3 is 5.97 Å². The van der Waals surface area contributed by atoms with Crippen molar-refractivity contribution in [2.24, 2.45) is 11.8 Å². The van der Waals surface area contributed by atoms with Crippen LogP contribution in [0, 0.1) is 11.8 Å². The fraction of sp³-hybridized carbons (Fsp3) is 0.318. The van der Waals surface area contributed by atoms with Crippen LogP contribution < -0.4 is 5.32 Å². The lowest BCUT2D eigenvalue weighted by atomic mass is 9.86. The smallest absolute Gasteiger partial charge is 0.307 e. The molecule has 0 amide bonds. The number of nitrogens with zero attached hydrogens (tertiary/aromatic N) is 3. The van der Waals surface area contributed by atoms with E-state index in [9.17, 15) is 9.90 Å². The molecule has 4 rings (SSSR count). The molecule has 7 heteroatoms. The molecule has 1 aromatic heterocycles. The second-order valence-corrected chi connectivity index (χ2v) is 7.39. The quantitative estimate of drug-likeness (QED) is 0.623. The van der Waals surface area contributed by atoms with Gasteiger partial charge in [0, 0.05) is 6.42 Å². The van der Waals surface area contributed by atoms with E-state index in [4.69, 9.17) is 0 Å². The van der Waals surface area contributed by atoms with Crippen molar-refractivity contribution in [3.8, 4) is 5.69 Å². The summed E-state index contributed by atoms with van der Waals surface area (Å²) in [5.74, 6) is -0.898. The van der Waals surface area contributed by atoms with Crippen LogP contribution in [0.1, 0.15) is 23.2 Å². The van der Waals surface area contributed by atoms with E-state index in [1.165, 1.54) is 5.56 Å². The maximum atomic E-state index is 11.8. The zero-order chi connectivity index (χ0) is 19.3. The van der Waals surface area contributed by atoms with Crippen molar-refractivity contribution in [2.75, 3.05) is 13.1 Å². The van der Waals surface area contributed by atoms with Gasteiger partial charge in [0.1, 0.15) is 0 Å². The molecule has 0 bridgehead atoms. The van der Waals surface area contributed by atoms with E-state index < -0.39 is 5.97 Å². The molecule has 3 aromatic rings. The molecule has 1 fully saturated rings. The Morgan fingerprint density at radius 3 is 2.69 bits per heavy atom. The monoisotopic (exact) mass is 412 g/mol. The maximum Gasteiger partial charge on any atom is 0.307 e. The van der Waals surface area contributed by atoms with Gasteiger partial charge in [0.05, 0.1) is 23.5 Å². The van der Waals surface area contributed by atoms with Gasteiger partial charge in [0.15, 0.2) is 0 Å². The molecule has 152 valence electrons. The molecule has 1 aliphatic rings. The Kier molecular flexibility index (Phi) is 7.01. The molecule has 1 unspecified atom stereocenters. The Morgan fingerprint density at radius 2 is 1.97 bits per heavy atom.